The third-order valence-corrected chi connectivity index (χ3v) is 4.20. The highest BCUT2D eigenvalue weighted by molar-refractivity contribution is 5.78. The molecule has 3 heteroatoms. The normalized spacial score (nSPS) is 22.6. The molecular formula is C17H26N2O. The molecule has 0 bridgehead atoms. The Kier molecular flexibility index (Phi) is 5.18. The average Bonchev–Trinajstić information content (AvgIpc) is 2.47. The summed E-state index contributed by atoms with van der Waals surface area (Å²) in [7, 11) is 1.92. The van der Waals surface area contributed by atoms with Crippen LogP contribution in [0.1, 0.15) is 37.8 Å². The summed E-state index contributed by atoms with van der Waals surface area (Å²) in [5.41, 5.74) is 2.55. The fraction of sp³-hybridized carbons (Fsp3) is 0.588. The number of nitrogens with zero attached hydrogens (tertiary/aromatic N) is 1. The molecule has 0 radical (unpaired) electrons. The molecule has 1 aromatic rings. The molecule has 0 aliphatic carbocycles. The summed E-state index contributed by atoms with van der Waals surface area (Å²) >= 11 is 0. The highest BCUT2D eigenvalue weighted by Crippen LogP contribution is 2.19. The van der Waals surface area contributed by atoms with Crippen molar-refractivity contribution in [3.63, 3.8) is 0 Å². The summed E-state index contributed by atoms with van der Waals surface area (Å²) < 4.78 is 0. The predicted molar refractivity (Wildman–Crippen MR) is 82.5 cm³/mol. The van der Waals surface area contributed by atoms with Gasteiger partial charge in [-0.05, 0) is 43.9 Å². The third-order valence-electron chi connectivity index (χ3n) is 4.20. The monoisotopic (exact) mass is 274 g/mol. The van der Waals surface area contributed by atoms with Gasteiger partial charge in [0.1, 0.15) is 0 Å². The van der Waals surface area contributed by atoms with Crippen molar-refractivity contribution in [2.24, 2.45) is 5.92 Å². The zero-order chi connectivity index (χ0) is 14.5. The second kappa shape index (κ2) is 6.89. The molecule has 2 rings (SSSR count). The number of hydrogen-bond acceptors (Lipinski definition) is 2. The van der Waals surface area contributed by atoms with E-state index in [9.17, 15) is 4.79 Å². The van der Waals surface area contributed by atoms with Crippen LogP contribution in [0.25, 0.3) is 0 Å². The van der Waals surface area contributed by atoms with E-state index in [2.05, 4.69) is 43.4 Å². The minimum Gasteiger partial charge on any atom is -0.341 e. The fourth-order valence-corrected chi connectivity index (χ4v) is 2.90. The van der Waals surface area contributed by atoms with E-state index in [1.807, 2.05) is 11.9 Å². The molecule has 2 unspecified atom stereocenters. The van der Waals surface area contributed by atoms with E-state index < -0.39 is 0 Å². The van der Waals surface area contributed by atoms with Crippen molar-refractivity contribution in [3.8, 4) is 0 Å². The molecule has 0 aromatic heterocycles. The van der Waals surface area contributed by atoms with Gasteiger partial charge in [0, 0.05) is 25.6 Å². The molecule has 0 spiro atoms. The van der Waals surface area contributed by atoms with Crippen molar-refractivity contribution >= 4 is 5.91 Å². The van der Waals surface area contributed by atoms with Crippen molar-refractivity contribution < 1.29 is 4.79 Å². The maximum absolute atomic E-state index is 12.5. The summed E-state index contributed by atoms with van der Waals surface area (Å²) in [6, 6.07) is 9.02. The minimum absolute atomic E-state index is 0.186. The first kappa shape index (κ1) is 15.0. The van der Waals surface area contributed by atoms with Gasteiger partial charge < -0.3 is 10.2 Å². The number of piperidine rings is 1. The van der Waals surface area contributed by atoms with Crippen molar-refractivity contribution in [1.29, 1.82) is 0 Å². The average molecular weight is 274 g/mol. The van der Waals surface area contributed by atoms with Crippen LogP contribution in [0.5, 0.6) is 0 Å². The lowest BCUT2D eigenvalue weighted by Gasteiger charge is -2.30. The topological polar surface area (TPSA) is 32.3 Å². The molecule has 0 saturated carbocycles. The lowest BCUT2D eigenvalue weighted by molar-refractivity contribution is -0.135. The number of carbonyl (C=O) groups excluding carboxylic acids is 1. The zero-order valence-electron chi connectivity index (χ0n) is 12.9. The maximum atomic E-state index is 12.5. The first-order valence-corrected chi connectivity index (χ1v) is 7.66. The van der Waals surface area contributed by atoms with E-state index in [1.165, 1.54) is 11.1 Å². The van der Waals surface area contributed by atoms with Gasteiger partial charge in [-0.15, -0.1) is 0 Å². The molecule has 1 heterocycles. The molecule has 1 amide bonds. The first-order chi connectivity index (χ1) is 9.60. The number of benzene rings is 1. The van der Waals surface area contributed by atoms with Crippen LogP contribution in [0.15, 0.2) is 24.3 Å². The Morgan fingerprint density at radius 3 is 2.55 bits per heavy atom. The summed E-state index contributed by atoms with van der Waals surface area (Å²) in [5.74, 6) is 0.476. The van der Waals surface area contributed by atoms with Crippen molar-refractivity contribution in [2.75, 3.05) is 13.6 Å². The van der Waals surface area contributed by atoms with E-state index >= 15 is 0 Å². The Morgan fingerprint density at radius 1 is 1.30 bits per heavy atom. The number of rotatable bonds is 4. The lowest BCUT2D eigenvalue weighted by Crippen LogP contribution is -2.42. The quantitative estimate of drug-likeness (QED) is 0.915. The molecular weight excluding hydrogens is 248 g/mol. The van der Waals surface area contributed by atoms with E-state index in [0.717, 1.165) is 25.8 Å². The number of hydrogen-bond donors (Lipinski definition) is 1. The summed E-state index contributed by atoms with van der Waals surface area (Å²) in [5, 5.41) is 3.40. The summed E-state index contributed by atoms with van der Waals surface area (Å²) in [6.07, 6.45) is 2.97. The maximum Gasteiger partial charge on any atom is 0.225 e. The Morgan fingerprint density at radius 2 is 1.95 bits per heavy atom. The molecule has 1 aromatic carbocycles. The van der Waals surface area contributed by atoms with E-state index in [4.69, 9.17) is 0 Å². The van der Waals surface area contributed by atoms with Crippen LogP contribution < -0.4 is 5.32 Å². The minimum atomic E-state index is 0.186. The van der Waals surface area contributed by atoms with Gasteiger partial charge in [0.2, 0.25) is 5.91 Å². The summed E-state index contributed by atoms with van der Waals surface area (Å²) in [4.78, 5) is 14.3. The van der Waals surface area contributed by atoms with E-state index in [-0.39, 0.29) is 11.8 Å². The second-order valence-corrected chi connectivity index (χ2v) is 5.94. The van der Waals surface area contributed by atoms with Gasteiger partial charge >= 0.3 is 0 Å². The van der Waals surface area contributed by atoms with Crippen LogP contribution in [-0.4, -0.2) is 30.4 Å². The van der Waals surface area contributed by atoms with Crippen LogP contribution >= 0.6 is 0 Å². The van der Waals surface area contributed by atoms with Crippen LogP contribution in [-0.2, 0) is 17.8 Å². The second-order valence-electron chi connectivity index (χ2n) is 5.94. The fourth-order valence-electron chi connectivity index (χ4n) is 2.90. The largest absolute Gasteiger partial charge is 0.341 e. The van der Waals surface area contributed by atoms with Gasteiger partial charge in [0.15, 0.2) is 0 Å². The standard InChI is InChI=1S/C17H26N2O/c1-4-14-5-7-15(8-6-14)12-19(3)17(20)16-9-10-18-13(2)11-16/h5-8,13,16,18H,4,9-12H2,1-3H3. The Bertz CT molecular complexity index is 441. The van der Waals surface area contributed by atoms with Gasteiger partial charge in [0.05, 0.1) is 0 Å². The van der Waals surface area contributed by atoms with Gasteiger partial charge in [-0.2, -0.15) is 0 Å². The predicted octanol–water partition coefficient (Wildman–Crippen LogP) is 2.60. The zero-order valence-corrected chi connectivity index (χ0v) is 12.9. The van der Waals surface area contributed by atoms with Gasteiger partial charge in [-0.1, -0.05) is 31.2 Å². The Hall–Kier alpha value is -1.35. The smallest absolute Gasteiger partial charge is 0.225 e. The van der Waals surface area contributed by atoms with Gasteiger partial charge in [-0.3, -0.25) is 4.79 Å². The lowest BCUT2D eigenvalue weighted by atomic mass is 9.92. The molecule has 1 fully saturated rings. The van der Waals surface area contributed by atoms with Gasteiger partial charge in [-0.25, -0.2) is 0 Å². The van der Waals surface area contributed by atoms with E-state index in [0.29, 0.717) is 12.6 Å². The van der Waals surface area contributed by atoms with Crippen molar-refractivity contribution in [3.05, 3.63) is 35.4 Å². The molecule has 110 valence electrons. The Balaban J connectivity index is 1.92. The Labute approximate surface area is 122 Å². The van der Waals surface area contributed by atoms with Crippen molar-refractivity contribution in [2.45, 2.75) is 45.7 Å². The van der Waals surface area contributed by atoms with Gasteiger partial charge in [0.25, 0.3) is 0 Å². The van der Waals surface area contributed by atoms with Crippen LogP contribution in [0.4, 0.5) is 0 Å². The molecule has 1 N–H and O–H groups in total. The summed E-state index contributed by atoms with van der Waals surface area (Å²) in [6.45, 7) is 5.98. The highest BCUT2D eigenvalue weighted by Gasteiger charge is 2.26. The number of amides is 1. The molecule has 2 atom stereocenters. The highest BCUT2D eigenvalue weighted by atomic mass is 16.2. The van der Waals surface area contributed by atoms with Crippen molar-refractivity contribution in [1.82, 2.24) is 10.2 Å². The van der Waals surface area contributed by atoms with Crippen LogP contribution in [0.2, 0.25) is 0 Å². The number of carbonyl (C=O) groups is 1. The number of nitrogens with one attached hydrogen (secondary N) is 1. The molecule has 3 nitrogen and oxygen atoms in total. The molecule has 1 aliphatic rings. The SMILES string of the molecule is CCc1ccc(CN(C)C(=O)C2CCNC(C)C2)cc1. The first-order valence-electron chi connectivity index (χ1n) is 7.66. The van der Waals surface area contributed by atoms with Crippen LogP contribution in [0.3, 0.4) is 0 Å². The third kappa shape index (κ3) is 3.83. The molecule has 1 saturated heterocycles. The van der Waals surface area contributed by atoms with Crippen LogP contribution in [0, 0.1) is 5.92 Å². The molecule has 20 heavy (non-hydrogen) atoms. The number of aryl methyl sites for hydroxylation is 1. The molecule has 1 aliphatic heterocycles. The van der Waals surface area contributed by atoms with E-state index in [1.54, 1.807) is 0 Å².